The van der Waals surface area contributed by atoms with Gasteiger partial charge in [0.05, 0.1) is 34.1 Å². The topological polar surface area (TPSA) is 129 Å². The maximum absolute atomic E-state index is 13.0. The van der Waals surface area contributed by atoms with Gasteiger partial charge in [-0.2, -0.15) is 13.2 Å². The lowest BCUT2D eigenvalue weighted by molar-refractivity contribution is -0.137. The number of hydrogen-bond donors (Lipinski definition) is 4. The Morgan fingerprint density at radius 1 is 1.08 bits per heavy atom. The number of hydrogen-bond acceptors (Lipinski definition) is 7. The Kier molecular flexibility index (Phi) is 6.51. The summed E-state index contributed by atoms with van der Waals surface area (Å²) in [6.45, 7) is 1.54. The molecule has 0 radical (unpaired) electrons. The molecule has 4 atom stereocenters. The summed E-state index contributed by atoms with van der Waals surface area (Å²) < 4.78 is 40.8. The highest BCUT2D eigenvalue weighted by Crippen LogP contribution is 2.40. The van der Waals surface area contributed by atoms with Crippen LogP contribution in [0.2, 0.25) is 0 Å². The number of alkyl halides is 3. The number of H-pyrrole nitrogens is 1. The first kappa shape index (κ1) is 26.0. The van der Waals surface area contributed by atoms with Gasteiger partial charge < -0.3 is 30.4 Å². The molecule has 2 unspecified atom stereocenters. The van der Waals surface area contributed by atoms with Crippen LogP contribution >= 0.6 is 0 Å². The summed E-state index contributed by atoms with van der Waals surface area (Å²) >= 11 is 0. The van der Waals surface area contributed by atoms with Gasteiger partial charge in [0.25, 0.3) is 0 Å². The summed E-state index contributed by atoms with van der Waals surface area (Å²) in [7, 11) is 2.04. The number of halogens is 3. The molecule has 3 heterocycles. The van der Waals surface area contributed by atoms with Crippen molar-refractivity contribution in [2.24, 2.45) is 17.8 Å². The van der Waals surface area contributed by atoms with Crippen molar-refractivity contribution in [2.45, 2.75) is 50.1 Å². The van der Waals surface area contributed by atoms with Crippen LogP contribution in [0.25, 0.3) is 22.1 Å². The molecule has 208 valence electrons. The van der Waals surface area contributed by atoms with Crippen LogP contribution in [0.3, 0.4) is 0 Å². The average molecular weight is 544 g/mol. The minimum Gasteiger partial charge on any atom is -0.390 e. The fourth-order valence-electron chi connectivity index (χ4n) is 6.52. The van der Waals surface area contributed by atoms with Gasteiger partial charge in [-0.3, -0.25) is 0 Å². The molecule has 6 rings (SSSR count). The number of aromatic amines is 1. The van der Waals surface area contributed by atoms with E-state index in [0.29, 0.717) is 53.7 Å². The molecule has 39 heavy (non-hydrogen) atoms. The van der Waals surface area contributed by atoms with Crippen molar-refractivity contribution in [3.63, 3.8) is 0 Å². The predicted molar refractivity (Wildman–Crippen MR) is 140 cm³/mol. The van der Waals surface area contributed by atoms with Crippen molar-refractivity contribution in [3.05, 3.63) is 48.2 Å². The zero-order valence-electron chi connectivity index (χ0n) is 21.5. The third kappa shape index (κ3) is 4.96. The number of fused-ring (bicyclic) bond motifs is 2. The number of nitrogens with zero attached hydrogens (tertiary/aromatic N) is 5. The average Bonchev–Trinajstić information content (AvgIpc) is 3.54. The molecule has 0 bridgehead atoms. The van der Waals surface area contributed by atoms with Crippen LogP contribution < -0.4 is 5.73 Å². The number of benzene rings is 1. The van der Waals surface area contributed by atoms with E-state index in [1.54, 1.807) is 0 Å². The van der Waals surface area contributed by atoms with E-state index in [2.05, 4.69) is 24.8 Å². The lowest BCUT2D eigenvalue weighted by Gasteiger charge is -2.38. The van der Waals surface area contributed by atoms with Crippen molar-refractivity contribution < 1.29 is 23.4 Å². The molecule has 0 spiro atoms. The number of imidazole rings is 1. The van der Waals surface area contributed by atoms with Crippen LogP contribution in [0.15, 0.2) is 36.8 Å². The minimum atomic E-state index is -4.38. The normalized spacial score (nSPS) is 27.6. The smallest absolute Gasteiger partial charge is 0.390 e. The molecule has 3 aromatic heterocycles. The molecule has 0 saturated heterocycles. The highest BCUT2D eigenvalue weighted by Gasteiger charge is 2.43. The molecule has 5 N–H and O–H groups in total. The fourth-order valence-corrected chi connectivity index (χ4v) is 6.52. The van der Waals surface area contributed by atoms with Gasteiger partial charge in [0, 0.05) is 31.6 Å². The number of nitrogen functional groups attached to an aromatic ring is 1. The van der Waals surface area contributed by atoms with Crippen molar-refractivity contribution in [1.82, 2.24) is 29.4 Å². The summed E-state index contributed by atoms with van der Waals surface area (Å²) in [6.07, 6.45) is 0.492. The first-order valence-electron chi connectivity index (χ1n) is 13.2. The van der Waals surface area contributed by atoms with Gasteiger partial charge in [-0.25, -0.2) is 15.0 Å². The minimum absolute atomic E-state index is 0.0837. The van der Waals surface area contributed by atoms with Gasteiger partial charge in [-0.15, -0.1) is 0 Å². The van der Waals surface area contributed by atoms with Crippen molar-refractivity contribution in [3.8, 4) is 0 Å². The molecule has 4 aromatic rings. The molecule has 12 heteroatoms. The second-order valence-corrected chi connectivity index (χ2v) is 11.3. The number of aliphatic hydroxyl groups excluding tert-OH is 2. The maximum atomic E-state index is 13.0. The van der Waals surface area contributed by atoms with Gasteiger partial charge in [0.1, 0.15) is 29.7 Å². The standard InChI is InChI=1S/C27H32F3N7O2/c1-36(12-16-9-21(24(39)23(16)38)37-5-4-18-25(31)32-13-33-26(18)37)11-15-6-14(7-15)8-22-34-19-3-2-17(27(28,29)30)10-20(19)35-22/h2-5,10,13-16,21,23-24,38-39H,6-9,11-12H2,1H3,(H,34,35)(H2,31,32,33)/t14?,15?,16-,21?,23-,24?/m1/s1. The Bertz CT molecular complexity index is 1480. The molecule has 9 nitrogen and oxygen atoms in total. The SMILES string of the molecule is CN(CC1CC(Cc2nc3cc(C(F)(F)F)ccc3[nH]2)C1)C[C@H]1CC(n2ccc3c(N)ncnc32)C(O)[C@@H]1O. The van der Waals surface area contributed by atoms with E-state index in [1.165, 1.54) is 12.4 Å². The number of aliphatic hydroxyl groups is 2. The first-order chi connectivity index (χ1) is 18.6. The van der Waals surface area contributed by atoms with Crippen LogP contribution in [0.4, 0.5) is 19.0 Å². The van der Waals surface area contributed by atoms with Crippen molar-refractivity contribution in [2.75, 3.05) is 25.9 Å². The summed E-state index contributed by atoms with van der Waals surface area (Å²) in [5.74, 6) is 1.97. The number of aromatic nitrogens is 5. The van der Waals surface area contributed by atoms with E-state index in [1.807, 2.05) is 23.9 Å². The molecular weight excluding hydrogens is 511 g/mol. The number of nitrogens with two attached hydrogens (primary N) is 1. The number of nitrogens with one attached hydrogen (secondary N) is 1. The quantitative estimate of drug-likeness (QED) is 0.281. The molecule has 2 aliphatic rings. The summed E-state index contributed by atoms with van der Waals surface area (Å²) in [6, 6.07) is 5.14. The van der Waals surface area contributed by atoms with E-state index < -0.39 is 23.9 Å². The zero-order chi connectivity index (χ0) is 27.5. The number of anilines is 1. The maximum Gasteiger partial charge on any atom is 0.416 e. The Morgan fingerprint density at radius 3 is 2.64 bits per heavy atom. The second-order valence-electron chi connectivity index (χ2n) is 11.3. The van der Waals surface area contributed by atoms with Gasteiger partial charge in [-0.1, -0.05) is 0 Å². The molecule has 1 aromatic carbocycles. The monoisotopic (exact) mass is 543 g/mol. The summed E-state index contributed by atoms with van der Waals surface area (Å²) in [4.78, 5) is 18.1. The highest BCUT2D eigenvalue weighted by molar-refractivity contribution is 5.86. The lowest BCUT2D eigenvalue weighted by Crippen LogP contribution is -2.39. The van der Waals surface area contributed by atoms with Crippen LogP contribution in [0, 0.1) is 17.8 Å². The van der Waals surface area contributed by atoms with Gasteiger partial charge in [0.2, 0.25) is 0 Å². The van der Waals surface area contributed by atoms with E-state index >= 15 is 0 Å². The predicted octanol–water partition coefficient (Wildman–Crippen LogP) is 3.39. The van der Waals surface area contributed by atoms with E-state index in [-0.39, 0.29) is 12.0 Å². The molecule has 2 fully saturated rings. The van der Waals surface area contributed by atoms with E-state index in [0.717, 1.165) is 42.7 Å². The third-order valence-electron chi connectivity index (χ3n) is 8.46. The Labute approximate surface area is 222 Å². The molecule has 2 saturated carbocycles. The summed E-state index contributed by atoms with van der Waals surface area (Å²) in [5.41, 5.74) is 6.88. The van der Waals surface area contributed by atoms with Crippen LogP contribution in [-0.4, -0.2) is 72.0 Å². The zero-order valence-corrected chi connectivity index (χ0v) is 21.5. The van der Waals surface area contributed by atoms with Crippen molar-refractivity contribution in [1.29, 1.82) is 0 Å². The second kappa shape index (κ2) is 9.76. The molecular formula is C27H32F3N7O2. The summed E-state index contributed by atoms with van der Waals surface area (Å²) in [5, 5.41) is 22.4. The Hall–Kier alpha value is -3.22. The van der Waals surface area contributed by atoms with Crippen LogP contribution in [0.5, 0.6) is 0 Å². The van der Waals surface area contributed by atoms with Crippen LogP contribution in [-0.2, 0) is 12.6 Å². The van der Waals surface area contributed by atoms with E-state index in [4.69, 9.17) is 5.73 Å². The van der Waals surface area contributed by atoms with Gasteiger partial charge in [-0.05, 0) is 62.4 Å². The fraction of sp³-hybridized carbons (Fsp3) is 0.519. The largest absolute Gasteiger partial charge is 0.416 e. The van der Waals surface area contributed by atoms with Crippen LogP contribution in [0.1, 0.15) is 36.7 Å². The highest BCUT2D eigenvalue weighted by atomic mass is 19.4. The third-order valence-corrected chi connectivity index (χ3v) is 8.46. The Balaban J connectivity index is 1.01. The lowest BCUT2D eigenvalue weighted by atomic mass is 9.73. The molecule has 0 aliphatic heterocycles. The van der Waals surface area contributed by atoms with E-state index in [9.17, 15) is 23.4 Å². The van der Waals surface area contributed by atoms with Crippen molar-refractivity contribution >= 4 is 27.9 Å². The number of rotatable bonds is 7. The van der Waals surface area contributed by atoms with Gasteiger partial charge in [0.15, 0.2) is 0 Å². The molecule has 2 aliphatic carbocycles. The van der Waals surface area contributed by atoms with Gasteiger partial charge >= 0.3 is 6.18 Å². The molecule has 0 amide bonds. The first-order valence-corrected chi connectivity index (χ1v) is 13.2. The Morgan fingerprint density at radius 2 is 1.87 bits per heavy atom.